The van der Waals surface area contributed by atoms with Crippen LogP contribution in [0.15, 0.2) is 42.2 Å². The summed E-state index contributed by atoms with van der Waals surface area (Å²) in [5.41, 5.74) is 3.59. The Morgan fingerprint density at radius 1 is 1.24 bits per heavy atom. The highest BCUT2D eigenvalue weighted by molar-refractivity contribution is 5.56. The Morgan fingerprint density at radius 3 is 2.88 bits per heavy atom. The predicted molar refractivity (Wildman–Crippen MR) is 67.1 cm³/mol. The molecule has 3 heteroatoms. The first kappa shape index (κ1) is 10.3. The van der Waals surface area contributed by atoms with Crippen LogP contribution in [0.3, 0.4) is 0 Å². The van der Waals surface area contributed by atoms with Crippen LogP contribution in [0.25, 0.3) is 17.6 Å². The van der Waals surface area contributed by atoms with Gasteiger partial charge in [-0.3, -0.25) is 0 Å². The summed E-state index contributed by atoms with van der Waals surface area (Å²) in [5, 5.41) is 4.36. The fourth-order valence-electron chi connectivity index (χ4n) is 2.29. The lowest BCUT2D eigenvalue weighted by Gasteiger charge is -2.20. The van der Waals surface area contributed by atoms with Gasteiger partial charge in [0.05, 0.1) is 6.20 Å². The third-order valence-corrected chi connectivity index (χ3v) is 3.68. The SMILES string of the molecule is CC1=Cn2nccc2-c2cccc[n+]2C1(C)C. The van der Waals surface area contributed by atoms with Crippen molar-refractivity contribution in [2.75, 3.05) is 0 Å². The molecule has 3 rings (SSSR count). The first-order valence-corrected chi connectivity index (χ1v) is 5.84. The van der Waals surface area contributed by atoms with Gasteiger partial charge in [-0.1, -0.05) is 0 Å². The molecule has 0 N–H and O–H groups in total. The van der Waals surface area contributed by atoms with Crippen molar-refractivity contribution in [3.63, 3.8) is 0 Å². The monoisotopic (exact) mass is 226 g/mol. The highest BCUT2D eigenvalue weighted by Crippen LogP contribution is 2.27. The number of aromatic nitrogens is 3. The van der Waals surface area contributed by atoms with E-state index in [2.05, 4.69) is 67.1 Å². The van der Waals surface area contributed by atoms with Gasteiger partial charge in [-0.2, -0.15) is 9.67 Å². The molecular weight excluding hydrogens is 210 g/mol. The fraction of sp³-hybridized carbons (Fsp3) is 0.286. The van der Waals surface area contributed by atoms with Crippen LogP contribution in [0, 0.1) is 0 Å². The molecule has 0 saturated carbocycles. The highest BCUT2D eigenvalue weighted by Gasteiger charge is 2.36. The Bertz CT molecular complexity index is 605. The van der Waals surface area contributed by atoms with Crippen LogP contribution in [0.2, 0.25) is 0 Å². The normalized spacial score (nSPS) is 16.8. The summed E-state index contributed by atoms with van der Waals surface area (Å²) < 4.78 is 4.26. The zero-order chi connectivity index (χ0) is 12.0. The van der Waals surface area contributed by atoms with Crippen molar-refractivity contribution in [3.05, 3.63) is 42.2 Å². The van der Waals surface area contributed by atoms with Crippen molar-refractivity contribution >= 4 is 6.20 Å². The van der Waals surface area contributed by atoms with Gasteiger partial charge in [0.2, 0.25) is 5.69 Å². The van der Waals surface area contributed by atoms with Gasteiger partial charge in [-0.15, -0.1) is 0 Å². The smallest absolute Gasteiger partial charge is 0.231 e. The molecule has 3 nitrogen and oxygen atoms in total. The number of allylic oxidation sites excluding steroid dienone is 1. The number of rotatable bonds is 0. The van der Waals surface area contributed by atoms with Crippen molar-refractivity contribution in [1.82, 2.24) is 9.78 Å². The largest absolute Gasteiger partial charge is 0.234 e. The molecule has 2 aromatic rings. The molecule has 0 fully saturated rings. The Balaban J connectivity index is 2.41. The molecule has 0 saturated heterocycles. The van der Waals surface area contributed by atoms with Crippen LogP contribution in [-0.4, -0.2) is 9.78 Å². The molecule has 1 aliphatic rings. The number of hydrogen-bond acceptors (Lipinski definition) is 1. The quantitative estimate of drug-likeness (QED) is 0.632. The summed E-state index contributed by atoms with van der Waals surface area (Å²) in [6, 6.07) is 8.34. The lowest BCUT2D eigenvalue weighted by Crippen LogP contribution is -2.53. The molecule has 0 atom stereocenters. The lowest BCUT2D eigenvalue weighted by molar-refractivity contribution is -0.737. The first-order chi connectivity index (χ1) is 8.10. The molecule has 3 heterocycles. The van der Waals surface area contributed by atoms with Crippen molar-refractivity contribution in [1.29, 1.82) is 0 Å². The molecule has 0 bridgehead atoms. The highest BCUT2D eigenvalue weighted by atomic mass is 15.3. The van der Waals surface area contributed by atoms with E-state index in [1.807, 2.05) is 10.9 Å². The van der Waals surface area contributed by atoms with E-state index in [1.54, 1.807) is 0 Å². The van der Waals surface area contributed by atoms with Crippen LogP contribution >= 0.6 is 0 Å². The van der Waals surface area contributed by atoms with E-state index in [-0.39, 0.29) is 5.54 Å². The topological polar surface area (TPSA) is 21.7 Å². The molecule has 0 aromatic carbocycles. The minimum atomic E-state index is -0.0305. The Kier molecular flexibility index (Phi) is 1.99. The average Bonchev–Trinajstić information content (AvgIpc) is 2.74. The summed E-state index contributed by atoms with van der Waals surface area (Å²) in [6.07, 6.45) is 6.09. The van der Waals surface area contributed by atoms with Gasteiger partial charge < -0.3 is 0 Å². The van der Waals surface area contributed by atoms with Gasteiger partial charge in [0.15, 0.2) is 11.7 Å². The second kappa shape index (κ2) is 3.29. The van der Waals surface area contributed by atoms with Crippen molar-refractivity contribution < 1.29 is 4.57 Å². The summed E-state index contributed by atoms with van der Waals surface area (Å²) in [7, 11) is 0. The van der Waals surface area contributed by atoms with Gasteiger partial charge in [0.25, 0.3) is 0 Å². The number of pyridine rings is 1. The van der Waals surface area contributed by atoms with Crippen molar-refractivity contribution in [3.8, 4) is 11.4 Å². The van der Waals surface area contributed by atoms with Gasteiger partial charge in [0, 0.05) is 37.8 Å². The molecule has 1 aliphatic heterocycles. The van der Waals surface area contributed by atoms with Crippen LogP contribution in [0.1, 0.15) is 20.8 Å². The second-order valence-electron chi connectivity index (χ2n) is 4.99. The molecule has 0 aliphatic carbocycles. The molecule has 0 amide bonds. The summed E-state index contributed by atoms with van der Waals surface area (Å²) in [6.45, 7) is 6.62. The van der Waals surface area contributed by atoms with E-state index in [4.69, 9.17) is 0 Å². The minimum Gasteiger partial charge on any atom is -0.234 e. The zero-order valence-corrected chi connectivity index (χ0v) is 10.4. The predicted octanol–water partition coefficient (Wildman–Crippen LogP) is 2.45. The Morgan fingerprint density at radius 2 is 2.06 bits per heavy atom. The van der Waals surface area contributed by atoms with Gasteiger partial charge >= 0.3 is 0 Å². The maximum Gasteiger partial charge on any atom is 0.231 e. The van der Waals surface area contributed by atoms with Crippen LogP contribution in [-0.2, 0) is 5.54 Å². The fourth-order valence-corrected chi connectivity index (χ4v) is 2.29. The van der Waals surface area contributed by atoms with E-state index < -0.39 is 0 Å². The number of nitrogens with zero attached hydrogens (tertiary/aromatic N) is 3. The second-order valence-corrected chi connectivity index (χ2v) is 4.99. The molecular formula is C14H16N3+. The zero-order valence-electron chi connectivity index (χ0n) is 10.4. The third kappa shape index (κ3) is 1.35. The van der Waals surface area contributed by atoms with E-state index in [1.165, 1.54) is 11.3 Å². The van der Waals surface area contributed by atoms with E-state index in [0.717, 1.165) is 5.69 Å². The molecule has 2 aromatic heterocycles. The standard InChI is InChI=1S/C14H16N3/c1-11-10-17-13(7-8-15-17)12-6-4-5-9-16(12)14(11,2)3/h4-10H,1-3H3/q+1. The summed E-state index contributed by atoms with van der Waals surface area (Å²) in [4.78, 5) is 0. The van der Waals surface area contributed by atoms with Crippen molar-refractivity contribution in [2.45, 2.75) is 26.3 Å². The first-order valence-electron chi connectivity index (χ1n) is 5.84. The summed E-state index contributed by atoms with van der Waals surface area (Å²) >= 11 is 0. The Labute approximate surface area is 101 Å². The molecule has 17 heavy (non-hydrogen) atoms. The Hall–Kier alpha value is -1.90. The number of fused-ring (bicyclic) bond motifs is 3. The van der Waals surface area contributed by atoms with Gasteiger partial charge in [0.1, 0.15) is 5.69 Å². The molecule has 0 radical (unpaired) electrons. The molecule has 0 spiro atoms. The van der Waals surface area contributed by atoms with Crippen LogP contribution < -0.4 is 4.57 Å². The van der Waals surface area contributed by atoms with E-state index in [9.17, 15) is 0 Å². The molecule has 86 valence electrons. The van der Waals surface area contributed by atoms with Crippen molar-refractivity contribution in [2.24, 2.45) is 0 Å². The average molecular weight is 226 g/mol. The van der Waals surface area contributed by atoms with Crippen LogP contribution in [0.5, 0.6) is 0 Å². The maximum absolute atomic E-state index is 4.36. The van der Waals surface area contributed by atoms with Gasteiger partial charge in [-0.05, 0) is 19.1 Å². The van der Waals surface area contributed by atoms with Gasteiger partial charge in [-0.25, -0.2) is 4.68 Å². The molecule has 0 unspecified atom stereocenters. The van der Waals surface area contributed by atoms with E-state index >= 15 is 0 Å². The number of hydrogen-bond donors (Lipinski definition) is 0. The van der Waals surface area contributed by atoms with E-state index in [0.29, 0.717) is 0 Å². The summed E-state index contributed by atoms with van der Waals surface area (Å²) in [5.74, 6) is 0. The maximum atomic E-state index is 4.36. The third-order valence-electron chi connectivity index (χ3n) is 3.68. The van der Waals surface area contributed by atoms with Crippen LogP contribution in [0.4, 0.5) is 0 Å². The lowest BCUT2D eigenvalue weighted by atomic mass is 9.95. The minimum absolute atomic E-state index is 0.0305.